The summed E-state index contributed by atoms with van der Waals surface area (Å²) in [5.41, 5.74) is 2.41. The van der Waals surface area contributed by atoms with Gasteiger partial charge in [0.2, 0.25) is 0 Å². The molecular weight excluding hydrogens is 158 g/mol. The molecule has 0 spiro atoms. The van der Waals surface area contributed by atoms with Crippen LogP contribution in [0.1, 0.15) is 18.9 Å². The summed E-state index contributed by atoms with van der Waals surface area (Å²) in [7, 11) is 0. The minimum absolute atomic E-state index is 0.916. The van der Waals surface area contributed by atoms with Gasteiger partial charge in [0.05, 0.1) is 0 Å². The first-order valence-electron chi connectivity index (χ1n) is 4.56. The Morgan fingerprint density at radius 2 is 2.15 bits per heavy atom. The smallest absolute Gasteiger partial charge is 0.0270 e. The number of nitrogens with zero attached hydrogens (tertiary/aromatic N) is 1. The van der Waals surface area contributed by atoms with Gasteiger partial charge in [0, 0.05) is 12.4 Å². The zero-order chi connectivity index (χ0) is 9.52. The number of hydrogen-bond donors (Lipinski definition) is 0. The van der Waals surface area contributed by atoms with Crippen molar-refractivity contribution in [3.8, 4) is 0 Å². The number of aromatic nitrogens is 1. The van der Waals surface area contributed by atoms with E-state index < -0.39 is 0 Å². The van der Waals surface area contributed by atoms with Crippen molar-refractivity contribution in [2.45, 2.75) is 19.8 Å². The van der Waals surface area contributed by atoms with Crippen LogP contribution in [-0.4, -0.2) is 4.98 Å². The van der Waals surface area contributed by atoms with Gasteiger partial charge < -0.3 is 0 Å². The Bertz CT molecular complexity index is 285. The predicted molar refractivity (Wildman–Crippen MR) is 56.5 cm³/mol. The van der Waals surface area contributed by atoms with E-state index in [1.807, 2.05) is 24.5 Å². The van der Waals surface area contributed by atoms with Gasteiger partial charge in [-0.2, -0.15) is 0 Å². The Hall–Kier alpha value is -1.37. The van der Waals surface area contributed by atoms with Gasteiger partial charge >= 0.3 is 0 Å². The van der Waals surface area contributed by atoms with Gasteiger partial charge in [-0.3, -0.25) is 4.98 Å². The zero-order valence-electron chi connectivity index (χ0n) is 8.03. The van der Waals surface area contributed by atoms with E-state index in [4.69, 9.17) is 0 Å². The van der Waals surface area contributed by atoms with Crippen LogP contribution < -0.4 is 0 Å². The summed E-state index contributed by atoms with van der Waals surface area (Å²) in [6.07, 6.45) is 9.82. The van der Waals surface area contributed by atoms with Crippen LogP contribution in [0.25, 0.3) is 0 Å². The molecule has 1 heterocycles. The molecule has 0 atom stereocenters. The van der Waals surface area contributed by atoms with E-state index in [2.05, 4.69) is 30.6 Å². The van der Waals surface area contributed by atoms with Gasteiger partial charge in [-0.05, 0) is 30.5 Å². The van der Waals surface area contributed by atoms with Crippen LogP contribution in [0.5, 0.6) is 0 Å². The van der Waals surface area contributed by atoms with Crippen molar-refractivity contribution in [2.75, 3.05) is 0 Å². The fourth-order valence-corrected chi connectivity index (χ4v) is 1.11. The molecule has 0 N–H and O–H groups in total. The van der Waals surface area contributed by atoms with E-state index in [1.165, 1.54) is 5.56 Å². The third-order valence-corrected chi connectivity index (χ3v) is 1.77. The molecule has 0 aromatic carbocycles. The molecule has 0 radical (unpaired) electrons. The van der Waals surface area contributed by atoms with Crippen molar-refractivity contribution >= 4 is 0 Å². The number of rotatable bonds is 4. The first-order chi connectivity index (χ1) is 6.33. The van der Waals surface area contributed by atoms with Gasteiger partial charge in [-0.15, -0.1) is 0 Å². The Kier molecular flexibility index (Phi) is 3.97. The summed E-state index contributed by atoms with van der Waals surface area (Å²) >= 11 is 0. The summed E-state index contributed by atoms with van der Waals surface area (Å²) in [6.45, 7) is 6.10. The van der Waals surface area contributed by atoms with E-state index in [0.29, 0.717) is 0 Å². The van der Waals surface area contributed by atoms with Gasteiger partial charge in [0.25, 0.3) is 0 Å². The second kappa shape index (κ2) is 5.31. The third kappa shape index (κ3) is 3.70. The molecule has 0 saturated carbocycles. The first kappa shape index (κ1) is 9.72. The topological polar surface area (TPSA) is 12.9 Å². The fraction of sp³-hybridized carbons (Fsp3) is 0.250. The lowest BCUT2D eigenvalue weighted by Crippen LogP contribution is -1.86. The van der Waals surface area contributed by atoms with E-state index in [9.17, 15) is 0 Å². The van der Waals surface area contributed by atoms with Crippen molar-refractivity contribution in [3.63, 3.8) is 0 Å². The average Bonchev–Trinajstić information content (AvgIpc) is 2.16. The largest absolute Gasteiger partial charge is 0.265 e. The normalized spacial score (nSPS) is 10.5. The lowest BCUT2D eigenvalue weighted by Gasteiger charge is -1.99. The van der Waals surface area contributed by atoms with Crippen molar-refractivity contribution in [1.29, 1.82) is 0 Å². The van der Waals surface area contributed by atoms with E-state index in [1.54, 1.807) is 0 Å². The molecule has 1 rings (SSSR count). The highest BCUT2D eigenvalue weighted by molar-refractivity contribution is 5.24. The van der Waals surface area contributed by atoms with Gasteiger partial charge in [-0.1, -0.05) is 31.2 Å². The van der Waals surface area contributed by atoms with Gasteiger partial charge in [0.1, 0.15) is 0 Å². The Labute approximate surface area is 79.8 Å². The molecule has 0 unspecified atom stereocenters. The summed E-state index contributed by atoms with van der Waals surface area (Å²) < 4.78 is 0. The standard InChI is InChI=1S/C12H15N/c1-3-4-5-11(2)10-12-6-8-13-9-7-12/h4-9H,2-3,10H2,1H3/b5-4+. The molecular formula is C12H15N. The summed E-state index contributed by atoms with van der Waals surface area (Å²) in [6, 6.07) is 4.04. The van der Waals surface area contributed by atoms with Crippen LogP contribution in [0, 0.1) is 0 Å². The molecule has 0 amide bonds. The number of hydrogen-bond acceptors (Lipinski definition) is 1. The maximum atomic E-state index is 3.98. The van der Waals surface area contributed by atoms with Crippen molar-refractivity contribution in [2.24, 2.45) is 0 Å². The van der Waals surface area contributed by atoms with Crippen molar-refractivity contribution in [3.05, 3.63) is 54.4 Å². The second-order valence-electron chi connectivity index (χ2n) is 3.00. The molecule has 1 aromatic rings. The molecule has 0 aliphatic carbocycles. The molecule has 0 saturated heterocycles. The van der Waals surface area contributed by atoms with Crippen LogP contribution in [-0.2, 0) is 6.42 Å². The second-order valence-corrected chi connectivity index (χ2v) is 3.00. The van der Waals surface area contributed by atoms with Crippen LogP contribution in [0.4, 0.5) is 0 Å². The highest BCUT2D eigenvalue weighted by atomic mass is 14.6. The molecule has 68 valence electrons. The molecule has 13 heavy (non-hydrogen) atoms. The van der Waals surface area contributed by atoms with Crippen molar-refractivity contribution < 1.29 is 0 Å². The number of pyridine rings is 1. The fourth-order valence-electron chi connectivity index (χ4n) is 1.11. The van der Waals surface area contributed by atoms with E-state index >= 15 is 0 Å². The van der Waals surface area contributed by atoms with E-state index in [-0.39, 0.29) is 0 Å². The quantitative estimate of drug-likeness (QED) is 0.637. The van der Waals surface area contributed by atoms with Gasteiger partial charge in [-0.25, -0.2) is 0 Å². The SMILES string of the molecule is C=C(/C=C/CC)Cc1ccncc1. The predicted octanol–water partition coefficient (Wildman–Crippen LogP) is 3.15. The zero-order valence-corrected chi connectivity index (χ0v) is 8.03. The lowest BCUT2D eigenvalue weighted by atomic mass is 10.1. The molecule has 1 heteroatoms. The average molecular weight is 173 g/mol. The van der Waals surface area contributed by atoms with Crippen LogP contribution >= 0.6 is 0 Å². The highest BCUT2D eigenvalue weighted by Crippen LogP contribution is 2.06. The molecule has 1 aromatic heterocycles. The maximum absolute atomic E-state index is 3.98. The molecule has 0 fully saturated rings. The van der Waals surface area contributed by atoms with Crippen LogP contribution in [0.3, 0.4) is 0 Å². The first-order valence-corrected chi connectivity index (χ1v) is 4.56. The van der Waals surface area contributed by atoms with Crippen molar-refractivity contribution in [1.82, 2.24) is 4.98 Å². The maximum Gasteiger partial charge on any atom is 0.0270 e. The molecule has 0 aliphatic heterocycles. The van der Waals surface area contributed by atoms with E-state index in [0.717, 1.165) is 18.4 Å². The third-order valence-electron chi connectivity index (χ3n) is 1.77. The summed E-state index contributed by atoms with van der Waals surface area (Å²) in [5.74, 6) is 0. The lowest BCUT2D eigenvalue weighted by molar-refractivity contribution is 1.15. The minimum Gasteiger partial charge on any atom is -0.265 e. The molecule has 0 aliphatic rings. The summed E-state index contributed by atoms with van der Waals surface area (Å²) in [5, 5.41) is 0. The Morgan fingerprint density at radius 3 is 2.77 bits per heavy atom. The summed E-state index contributed by atoms with van der Waals surface area (Å²) in [4.78, 5) is 3.97. The number of allylic oxidation sites excluding steroid dienone is 3. The Balaban J connectivity index is 2.50. The Morgan fingerprint density at radius 1 is 1.46 bits per heavy atom. The highest BCUT2D eigenvalue weighted by Gasteiger charge is 1.92. The van der Waals surface area contributed by atoms with Crippen LogP contribution in [0.15, 0.2) is 48.8 Å². The monoisotopic (exact) mass is 173 g/mol. The van der Waals surface area contributed by atoms with Crippen LogP contribution in [0.2, 0.25) is 0 Å². The molecule has 1 nitrogen and oxygen atoms in total. The van der Waals surface area contributed by atoms with Gasteiger partial charge in [0.15, 0.2) is 0 Å². The minimum atomic E-state index is 0.916. The molecule has 0 bridgehead atoms.